The Morgan fingerprint density at radius 2 is 1.52 bits per heavy atom. The molecule has 1 unspecified atom stereocenters. The third-order valence-corrected chi connectivity index (χ3v) is 5.13. The summed E-state index contributed by atoms with van der Waals surface area (Å²) in [7, 11) is 0. The largest absolute Gasteiger partial charge is 0.491 e. The molecule has 3 aromatic carbocycles. The highest BCUT2D eigenvalue weighted by atomic mass is 16.5. The maximum absolute atomic E-state index is 10.4. The molecule has 0 radical (unpaired) electrons. The van der Waals surface area contributed by atoms with Crippen molar-refractivity contribution in [3.8, 4) is 5.75 Å². The van der Waals surface area contributed by atoms with Crippen molar-refractivity contribution in [2.24, 2.45) is 0 Å². The molecule has 4 nitrogen and oxygen atoms in total. The van der Waals surface area contributed by atoms with Crippen molar-refractivity contribution in [1.82, 2.24) is 4.90 Å². The molecule has 4 rings (SSSR count). The van der Waals surface area contributed by atoms with Gasteiger partial charge in [0.25, 0.3) is 0 Å². The summed E-state index contributed by atoms with van der Waals surface area (Å²) in [6.07, 6.45) is -0.486. The number of β-amino-alcohol motifs (C(OH)–C–C–N with tert-alkyl or cyclic N) is 1. The number of aliphatic hydroxyl groups excluding tert-OH is 1. The van der Waals surface area contributed by atoms with E-state index in [-0.39, 0.29) is 0 Å². The second-order valence-corrected chi connectivity index (χ2v) is 7.10. The van der Waals surface area contributed by atoms with Crippen LogP contribution in [0.2, 0.25) is 0 Å². The zero-order chi connectivity index (χ0) is 18.5. The molecule has 0 spiro atoms. The van der Waals surface area contributed by atoms with Crippen LogP contribution in [0.15, 0.2) is 72.8 Å². The van der Waals surface area contributed by atoms with Gasteiger partial charge in [-0.1, -0.05) is 48.5 Å². The van der Waals surface area contributed by atoms with Crippen molar-refractivity contribution in [3.63, 3.8) is 0 Å². The number of rotatable bonds is 6. The van der Waals surface area contributed by atoms with Gasteiger partial charge in [-0.2, -0.15) is 0 Å². The van der Waals surface area contributed by atoms with Gasteiger partial charge < -0.3 is 14.7 Å². The predicted molar refractivity (Wildman–Crippen MR) is 111 cm³/mol. The number of piperazine rings is 1. The molecule has 1 fully saturated rings. The van der Waals surface area contributed by atoms with Crippen molar-refractivity contribution in [2.45, 2.75) is 6.10 Å². The van der Waals surface area contributed by atoms with Crippen molar-refractivity contribution in [2.75, 3.05) is 44.2 Å². The standard InChI is InChI=1S/C23H26N2O2/c26-22(18-27-23-11-10-19-6-4-5-7-20(19)16-23)17-24-12-14-25(15-13-24)21-8-2-1-3-9-21/h1-11,16,22,26H,12-15,17-18H2. The van der Waals surface area contributed by atoms with E-state index >= 15 is 0 Å². The Kier molecular flexibility index (Phi) is 5.56. The summed E-state index contributed by atoms with van der Waals surface area (Å²) in [5.74, 6) is 0.807. The van der Waals surface area contributed by atoms with Gasteiger partial charge in [0.2, 0.25) is 0 Å². The highest BCUT2D eigenvalue weighted by Gasteiger charge is 2.19. The molecule has 1 heterocycles. The molecule has 3 aromatic rings. The van der Waals surface area contributed by atoms with Crippen LogP contribution in [0.1, 0.15) is 0 Å². The van der Waals surface area contributed by atoms with Gasteiger partial charge in [0.05, 0.1) is 0 Å². The summed E-state index contributed by atoms with van der Waals surface area (Å²) < 4.78 is 5.82. The first-order valence-electron chi connectivity index (χ1n) is 9.60. The number of anilines is 1. The average Bonchev–Trinajstić information content (AvgIpc) is 2.73. The zero-order valence-electron chi connectivity index (χ0n) is 15.5. The van der Waals surface area contributed by atoms with E-state index in [4.69, 9.17) is 4.74 Å². The monoisotopic (exact) mass is 362 g/mol. The van der Waals surface area contributed by atoms with E-state index in [2.05, 4.69) is 52.3 Å². The van der Waals surface area contributed by atoms with Crippen LogP contribution < -0.4 is 9.64 Å². The summed E-state index contributed by atoms with van der Waals surface area (Å²) in [6.45, 7) is 4.86. The number of hydrogen-bond acceptors (Lipinski definition) is 4. The van der Waals surface area contributed by atoms with E-state index in [0.29, 0.717) is 13.2 Å². The lowest BCUT2D eigenvalue weighted by Crippen LogP contribution is -2.49. The fourth-order valence-electron chi connectivity index (χ4n) is 3.63. The average molecular weight is 362 g/mol. The molecule has 27 heavy (non-hydrogen) atoms. The summed E-state index contributed by atoms with van der Waals surface area (Å²) in [6, 6.07) is 24.8. The first-order valence-corrected chi connectivity index (χ1v) is 9.60. The van der Waals surface area contributed by atoms with Crippen molar-refractivity contribution in [1.29, 1.82) is 0 Å². The Morgan fingerprint density at radius 3 is 2.30 bits per heavy atom. The van der Waals surface area contributed by atoms with E-state index < -0.39 is 6.10 Å². The molecule has 0 amide bonds. The lowest BCUT2D eigenvalue weighted by atomic mass is 10.1. The number of para-hydroxylation sites is 1. The van der Waals surface area contributed by atoms with Crippen LogP contribution in [0, 0.1) is 0 Å². The van der Waals surface area contributed by atoms with Crippen molar-refractivity contribution < 1.29 is 9.84 Å². The van der Waals surface area contributed by atoms with Gasteiger partial charge in [-0.25, -0.2) is 0 Å². The molecular formula is C23H26N2O2. The highest BCUT2D eigenvalue weighted by Crippen LogP contribution is 2.21. The lowest BCUT2D eigenvalue weighted by molar-refractivity contribution is 0.0663. The van der Waals surface area contributed by atoms with E-state index in [0.717, 1.165) is 37.3 Å². The molecule has 0 saturated carbocycles. The number of nitrogens with zero attached hydrogens (tertiary/aromatic N) is 2. The van der Waals surface area contributed by atoms with Gasteiger partial charge in [0, 0.05) is 38.4 Å². The van der Waals surface area contributed by atoms with E-state index in [1.165, 1.54) is 11.1 Å². The quantitative estimate of drug-likeness (QED) is 0.729. The Labute approximate surface area is 160 Å². The Bertz CT molecular complexity index is 860. The first-order chi connectivity index (χ1) is 13.3. The number of aliphatic hydroxyl groups is 1. The Balaban J connectivity index is 1.24. The maximum Gasteiger partial charge on any atom is 0.120 e. The minimum atomic E-state index is -0.486. The van der Waals surface area contributed by atoms with Crippen LogP contribution in [-0.2, 0) is 0 Å². The SMILES string of the molecule is OC(COc1ccc2ccccc2c1)CN1CCN(c2ccccc2)CC1. The summed E-state index contributed by atoms with van der Waals surface area (Å²) >= 11 is 0. The highest BCUT2D eigenvalue weighted by molar-refractivity contribution is 5.83. The van der Waals surface area contributed by atoms with Crippen LogP contribution in [-0.4, -0.2) is 55.4 Å². The molecule has 1 saturated heterocycles. The minimum absolute atomic E-state index is 0.317. The second-order valence-electron chi connectivity index (χ2n) is 7.10. The Hall–Kier alpha value is -2.56. The maximum atomic E-state index is 10.4. The van der Waals surface area contributed by atoms with E-state index in [1.54, 1.807) is 0 Å². The van der Waals surface area contributed by atoms with E-state index in [9.17, 15) is 5.11 Å². The van der Waals surface area contributed by atoms with Crippen LogP contribution in [0.3, 0.4) is 0 Å². The summed E-state index contributed by atoms with van der Waals surface area (Å²) in [5.41, 5.74) is 1.28. The third-order valence-electron chi connectivity index (χ3n) is 5.13. The van der Waals surface area contributed by atoms with Gasteiger partial charge in [-0.05, 0) is 35.0 Å². The summed E-state index contributed by atoms with van der Waals surface area (Å²) in [5, 5.41) is 12.7. The molecule has 140 valence electrons. The third kappa shape index (κ3) is 4.59. The molecule has 1 atom stereocenters. The molecule has 0 aromatic heterocycles. The molecule has 0 bridgehead atoms. The molecule has 0 aliphatic carbocycles. The number of ether oxygens (including phenoxy) is 1. The fraction of sp³-hybridized carbons (Fsp3) is 0.304. The van der Waals surface area contributed by atoms with Crippen LogP contribution >= 0.6 is 0 Å². The van der Waals surface area contributed by atoms with Gasteiger partial charge in [0.15, 0.2) is 0 Å². The van der Waals surface area contributed by atoms with Crippen LogP contribution in [0.4, 0.5) is 5.69 Å². The fourth-order valence-corrected chi connectivity index (χ4v) is 3.63. The molecule has 1 N–H and O–H groups in total. The minimum Gasteiger partial charge on any atom is -0.491 e. The van der Waals surface area contributed by atoms with E-state index in [1.807, 2.05) is 30.3 Å². The predicted octanol–water partition coefficient (Wildman–Crippen LogP) is 3.40. The zero-order valence-corrected chi connectivity index (χ0v) is 15.5. The molecule has 1 aliphatic heterocycles. The van der Waals surface area contributed by atoms with Gasteiger partial charge in [-0.15, -0.1) is 0 Å². The van der Waals surface area contributed by atoms with Gasteiger partial charge in [0.1, 0.15) is 18.5 Å². The van der Waals surface area contributed by atoms with Gasteiger partial charge >= 0.3 is 0 Å². The number of benzene rings is 3. The molecule has 1 aliphatic rings. The van der Waals surface area contributed by atoms with Crippen molar-refractivity contribution >= 4 is 16.5 Å². The van der Waals surface area contributed by atoms with Crippen LogP contribution in [0.5, 0.6) is 5.75 Å². The smallest absolute Gasteiger partial charge is 0.120 e. The topological polar surface area (TPSA) is 35.9 Å². The van der Waals surface area contributed by atoms with Crippen molar-refractivity contribution in [3.05, 3.63) is 72.8 Å². The van der Waals surface area contributed by atoms with Gasteiger partial charge in [-0.3, -0.25) is 4.90 Å². The Morgan fingerprint density at radius 1 is 0.815 bits per heavy atom. The molecule has 4 heteroatoms. The number of fused-ring (bicyclic) bond motifs is 1. The first kappa shape index (κ1) is 17.8. The normalized spacial score (nSPS) is 16.4. The lowest BCUT2D eigenvalue weighted by Gasteiger charge is -2.36. The number of hydrogen-bond donors (Lipinski definition) is 1. The summed E-state index contributed by atoms with van der Waals surface area (Å²) in [4.78, 5) is 4.71. The molecular weight excluding hydrogens is 336 g/mol. The second kappa shape index (κ2) is 8.42. The van der Waals surface area contributed by atoms with Crippen LogP contribution in [0.25, 0.3) is 10.8 Å².